The fourth-order valence-corrected chi connectivity index (χ4v) is 2.54. The molecule has 0 saturated carbocycles. The molecular weight excluding hydrogens is 266 g/mol. The molecule has 0 spiro atoms. The number of aromatic hydroxyl groups is 1. The molecule has 1 saturated heterocycles. The van der Waals surface area contributed by atoms with Gasteiger partial charge < -0.3 is 14.7 Å². The van der Waals surface area contributed by atoms with Gasteiger partial charge in [0, 0.05) is 25.4 Å². The largest absolute Gasteiger partial charge is 0.504 e. The van der Waals surface area contributed by atoms with Crippen LogP contribution in [0.4, 0.5) is 0 Å². The van der Waals surface area contributed by atoms with Gasteiger partial charge in [-0.1, -0.05) is 6.07 Å². The number of phenolic OH excluding ortho intramolecular Hbond substituents is 1. The Hall–Kier alpha value is -1.42. The number of hydrogen-bond acceptors (Lipinski definition) is 3. The first kappa shape index (κ1) is 14.0. The molecule has 1 N–H and O–H groups in total. The lowest BCUT2D eigenvalue weighted by atomic mass is 10.1. The molecule has 0 aliphatic carbocycles. The maximum absolute atomic E-state index is 11.7. The van der Waals surface area contributed by atoms with Crippen molar-refractivity contribution in [2.75, 3.05) is 26.1 Å². The number of methoxy groups -OCH3 is 1. The van der Waals surface area contributed by atoms with E-state index < -0.39 is 0 Å². The number of ether oxygens (including phenoxy) is 1. The number of likely N-dealkylation sites (tertiary alicyclic amines) is 1. The maximum atomic E-state index is 11.7. The standard InChI is InChI=1S/C14H18ClNO3/c1-19-13-3-2-10(6-12(13)17)4-5-16-9-11(8-15)7-14(16)18/h2-3,6,11,17H,4-5,7-9H2,1H3. The summed E-state index contributed by atoms with van der Waals surface area (Å²) in [6.07, 6.45) is 1.27. The normalized spacial score (nSPS) is 18.9. The summed E-state index contributed by atoms with van der Waals surface area (Å²) in [6.45, 7) is 1.41. The van der Waals surface area contributed by atoms with Gasteiger partial charge >= 0.3 is 0 Å². The number of carbonyl (C=O) groups is 1. The molecule has 1 amide bonds. The van der Waals surface area contributed by atoms with Crippen LogP contribution in [0.15, 0.2) is 18.2 Å². The van der Waals surface area contributed by atoms with Crippen LogP contribution in [0.2, 0.25) is 0 Å². The number of benzene rings is 1. The van der Waals surface area contributed by atoms with Gasteiger partial charge in [-0.05, 0) is 30.0 Å². The highest BCUT2D eigenvalue weighted by molar-refractivity contribution is 6.18. The lowest BCUT2D eigenvalue weighted by molar-refractivity contribution is -0.127. The quantitative estimate of drug-likeness (QED) is 0.841. The minimum Gasteiger partial charge on any atom is -0.504 e. The predicted molar refractivity (Wildman–Crippen MR) is 73.8 cm³/mol. The van der Waals surface area contributed by atoms with Gasteiger partial charge in [0.25, 0.3) is 0 Å². The Morgan fingerprint density at radius 3 is 2.89 bits per heavy atom. The summed E-state index contributed by atoms with van der Waals surface area (Å²) < 4.78 is 4.99. The molecule has 19 heavy (non-hydrogen) atoms. The number of amides is 1. The summed E-state index contributed by atoms with van der Waals surface area (Å²) in [5, 5.41) is 9.69. The van der Waals surface area contributed by atoms with Crippen molar-refractivity contribution in [2.24, 2.45) is 5.92 Å². The maximum Gasteiger partial charge on any atom is 0.222 e. The highest BCUT2D eigenvalue weighted by Gasteiger charge is 2.28. The zero-order valence-electron chi connectivity index (χ0n) is 10.9. The number of hydrogen-bond donors (Lipinski definition) is 1. The first-order valence-corrected chi connectivity index (χ1v) is 6.87. The predicted octanol–water partition coefficient (Wildman–Crippen LogP) is 2.03. The summed E-state index contributed by atoms with van der Waals surface area (Å²) in [6, 6.07) is 5.31. The van der Waals surface area contributed by atoms with Crippen molar-refractivity contribution in [1.82, 2.24) is 4.90 Å². The molecule has 1 aliphatic heterocycles. The van der Waals surface area contributed by atoms with Crippen LogP contribution in [-0.4, -0.2) is 42.0 Å². The average molecular weight is 284 g/mol. The first-order chi connectivity index (χ1) is 9.13. The lowest BCUT2D eigenvalue weighted by Crippen LogP contribution is -2.27. The van der Waals surface area contributed by atoms with E-state index in [1.807, 2.05) is 11.0 Å². The lowest BCUT2D eigenvalue weighted by Gasteiger charge is -2.16. The van der Waals surface area contributed by atoms with E-state index in [4.69, 9.17) is 16.3 Å². The summed E-state index contributed by atoms with van der Waals surface area (Å²) >= 11 is 5.78. The third-order valence-electron chi connectivity index (χ3n) is 3.43. The summed E-state index contributed by atoms with van der Waals surface area (Å²) in [4.78, 5) is 13.6. The SMILES string of the molecule is COc1ccc(CCN2CC(CCl)CC2=O)cc1O. The van der Waals surface area contributed by atoms with Crippen LogP contribution < -0.4 is 4.74 Å². The topological polar surface area (TPSA) is 49.8 Å². The molecule has 0 aromatic heterocycles. The Bertz CT molecular complexity index is 464. The molecule has 1 heterocycles. The molecule has 1 aromatic carbocycles. The molecule has 104 valence electrons. The third kappa shape index (κ3) is 3.32. The third-order valence-corrected chi connectivity index (χ3v) is 3.86. The summed E-state index contributed by atoms with van der Waals surface area (Å²) in [5.74, 6) is 1.57. The Balaban J connectivity index is 1.92. The van der Waals surface area contributed by atoms with Crippen LogP contribution in [0.1, 0.15) is 12.0 Å². The van der Waals surface area contributed by atoms with E-state index in [0.29, 0.717) is 24.6 Å². The van der Waals surface area contributed by atoms with Gasteiger partial charge in [-0.25, -0.2) is 0 Å². The van der Waals surface area contributed by atoms with Crippen LogP contribution in [0, 0.1) is 5.92 Å². The smallest absolute Gasteiger partial charge is 0.222 e. The number of carbonyl (C=O) groups excluding carboxylic acids is 1. The average Bonchev–Trinajstić information content (AvgIpc) is 2.77. The van der Waals surface area contributed by atoms with Crippen LogP contribution in [0.5, 0.6) is 11.5 Å². The monoisotopic (exact) mass is 283 g/mol. The summed E-state index contributed by atoms with van der Waals surface area (Å²) in [7, 11) is 1.52. The fourth-order valence-electron chi connectivity index (χ4n) is 2.33. The molecular formula is C14H18ClNO3. The molecule has 1 aliphatic rings. The van der Waals surface area contributed by atoms with Gasteiger partial charge in [0.15, 0.2) is 11.5 Å². The van der Waals surface area contributed by atoms with E-state index in [1.165, 1.54) is 7.11 Å². The second-order valence-corrected chi connectivity index (χ2v) is 5.13. The molecule has 2 rings (SSSR count). The van der Waals surface area contributed by atoms with Crippen molar-refractivity contribution in [2.45, 2.75) is 12.8 Å². The number of halogens is 1. The zero-order chi connectivity index (χ0) is 13.8. The van der Waals surface area contributed by atoms with Crippen molar-refractivity contribution in [1.29, 1.82) is 0 Å². The number of nitrogens with zero attached hydrogens (tertiary/aromatic N) is 1. The Morgan fingerprint density at radius 2 is 2.32 bits per heavy atom. The van der Waals surface area contributed by atoms with Crippen LogP contribution in [0.25, 0.3) is 0 Å². The minimum atomic E-state index is 0.131. The van der Waals surface area contributed by atoms with Gasteiger partial charge in [0.05, 0.1) is 7.11 Å². The van der Waals surface area contributed by atoms with Crippen molar-refractivity contribution >= 4 is 17.5 Å². The van der Waals surface area contributed by atoms with Gasteiger partial charge in [-0.2, -0.15) is 0 Å². The molecule has 4 nitrogen and oxygen atoms in total. The van der Waals surface area contributed by atoms with Gasteiger partial charge in [0.1, 0.15) is 0 Å². The fraction of sp³-hybridized carbons (Fsp3) is 0.500. The van der Waals surface area contributed by atoms with E-state index in [2.05, 4.69) is 0 Å². The van der Waals surface area contributed by atoms with Gasteiger partial charge in [-0.15, -0.1) is 11.6 Å². The Morgan fingerprint density at radius 1 is 1.53 bits per heavy atom. The Kier molecular flexibility index (Phi) is 4.53. The molecule has 1 unspecified atom stereocenters. The summed E-state index contributed by atoms with van der Waals surface area (Å²) in [5.41, 5.74) is 0.987. The highest BCUT2D eigenvalue weighted by atomic mass is 35.5. The van der Waals surface area contributed by atoms with E-state index in [0.717, 1.165) is 18.5 Å². The zero-order valence-corrected chi connectivity index (χ0v) is 11.7. The van der Waals surface area contributed by atoms with E-state index >= 15 is 0 Å². The first-order valence-electron chi connectivity index (χ1n) is 6.33. The number of rotatable bonds is 5. The van der Waals surface area contributed by atoms with E-state index in [9.17, 15) is 9.90 Å². The molecule has 1 atom stereocenters. The van der Waals surface area contributed by atoms with Crippen molar-refractivity contribution < 1.29 is 14.6 Å². The minimum absolute atomic E-state index is 0.131. The van der Waals surface area contributed by atoms with Crippen LogP contribution in [0.3, 0.4) is 0 Å². The second kappa shape index (κ2) is 6.15. The highest BCUT2D eigenvalue weighted by Crippen LogP contribution is 2.27. The van der Waals surface area contributed by atoms with E-state index in [1.54, 1.807) is 12.1 Å². The number of alkyl halides is 1. The van der Waals surface area contributed by atoms with Crippen molar-refractivity contribution in [3.05, 3.63) is 23.8 Å². The van der Waals surface area contributed by atoms with Crippen molar-refractivity contribution in [3.8, 4) is 11.5 Å². The molecule has 5 heteroatoms. The second-order valence-electron chi connectivity index (χ2n) is 4.82. The molecule has 1 aromatic rings. The Labute approximate surface area is 117 Å². The van der Waals surface area contributed by atoms with Gasteiger partial charge in [0.2, 0.25) is 5.91 Å². The van der Waals surface area contributed by atoms with Crippen LogP contribution >= 0.6 is 11.6 Å². The molecule has 0 radical (unpaired) electrons. The molecule has 0 bridgehead atoms. The van der Waals surface area contributed by atoms with E-state index in [-0.39, 0.29) is 17.6 Å². The number of phenols is 1. The molecule has 1 fully saturated rings. The van der Waals surface area contributed by atoms with Crippen molar-refractivity contribution in [3.63, 3.8) is 0 Å². The van der Waals surface area contributed by atoms with Crippen LogP contribution in [-0.2, 0) is 11.2 Å². The van der Waals surface area contributed by atoms with Gasteiger partial charge in [-0.3, -0.25) is 4.79 Å².